The van der Waals surface area contributed by atoms with Gasteiger partial charge in [-0.15, -0.1) is 0 Å². The predicted molar refractivity (Wildman–Crippen MR) is 75.1 cm³/mol. The van der Waals surface area contributed by atoms with Crippen LogP contribution in [0.2, 0.25) is 5.02 Å². The Bertz CT molecular complexity index is 455. The third kappa shape index (κ3) is 2.87. The first kappa shape index (κ1) is 13.8. The van der Waals surface area contributed by atoms with E-state index in [0.29, 0.717) is 17.1 Å². The highest BCUT2D eigenvalue weighted by molar-refractivity contribution is 9.10. The van der Waals surface area contributed by atoms with Crippen LogP contribution < -0.4 is 5.32 Å². The summed E-state index contributed by atoms with van der Waals surface area (Å²) < 4.78 is 6.18. The number of ether oxygens (including phenoxy) is 1. The van der Waals surface area contributed by atoms with Gasteiger partial charge >= 0.3 is 0 Å². The van der Waals surface area contributed by atoms with Gasteiger partial charge in [-0.1, -0.05) is 11.6 Å². The van der Waals surface area contributed by atoms with Crippen molar-refractivity contribution in [2.75, 3.05) is 13.7 Å². The van der Waals surface area contributed by atoms with E-state index in [2.05, 4.69) is 21.2 Å². The summed E-state index contributed by atoms with van der Waals surface area (Å²) >= 11 is 9.20. The molecule has 5 heteroatoms. The molecule has 1 amide bonds. The Morgan fingerprint density at radius 3 is 2.78 bits per heavy atom. The fraction of sp³-hybridized carbons (Fsp3) is 0.462. The monoisotopic (exact) mass is 331 g/mol. The molecule has 0 bridgehead atoms. The van der Waals surface area contributed by atoms with Gasteiger partial charge in [-0.05, 0) is 53.4 Å². The summed E-state index contributed by atoms with van der Waals surface area (Å²) in [6.45, 7) is 0.558. The molecule has 0 heterocycles. The highest BCUT2D eigenvalue weighted by atomic mass is 79.9. The van der Waals surface area contributed by atoms with Crippen LogP contribution in [0.25, 0.3) is 0 Å². The number of benzene rings is 1. The Morgan fingerprint density at radius 2 is 2.28 bits per heavy atom. The van der Waals surface area contributed by atoms with Crippen molar-refractivity contribution in [1.82, 2.24) is 5.32 Å². The smallest absolute Gasteiger partial charge is 0.251 e. The minimum Gasteiger partial charge on any atom is -0.376 e. The number of carbonyl (C=O) groups excluding carboxylic acids is 1. The van der Waals surface area contributed by atoms with Gasteiger partial charge in [0, 0.05) is 23.7 Å². The molecule has 0 radical (unpaired) electrons. The van der Waals surface area contributed by atoms with Crippen molar-refractivity contribution in [1.29, 1.82) is 0 Å². The van der Waals surface area contributed by atoms with Crippen LogP contribution in [0.3, 0.4) is 0 Å². The lowest BCUT2D eigenvalue weighted by Gasteiger charge is -2.40. The lowest BCUT2D eigenvalue weighted by atomic mass is 9.80. The van der Waals surface area contributed by atoms with Crippen LogP contribution in [0.1, 0.15) is 29.6 Å². The summed E-state index contributed by atoms with van der Waals surface area (Å²) in [5.41, 5.74) is 0.441. The maximum atomic E-state index is 12.0. The second-order valence-corrected chi connectivity index (χ2v) is 5.81. The number of amides is 1. The number of nitrogens with one attached hydrogen (secondary N) is 1. The van der Waals surface area contributed by atoms with E-state index in [0.717, 1.165) is 23.7 Å². The number of rotatable bonds is 4. The molecule has 0 saturated heterocycles. The molecule has 0 spiro atoms. The zero-order chi connectivity index (χ0) is 13.2. The molecule has 0 atom stereocenters. The van der Waals surface area contributed by atoms with Crippen LogP contribution in [0, 0.1) is 0 Å². The summed E-state index contributed by atoms with van der Waals surface area (Å²) in [5.74, 6) is -0.101. The molecule has 1 saturated carbocycles. The molecule has 18 heavy (non-hydrogen) atoms. The van der Waals surface area contributed by atoms with E-state index in [1.54, 1.807) is 25.3 Å². The molecular formula is C13H15BrClNO2. The topological polar surface area (TPSA) is 38.3 Å². The van der Waals surface area contributed by atoms with Gasteiger partial charge < -0.3 is 10.1 Å². The summed E-state index contributed by atoms with van der Waals surface area (Å²) in [4.78, 5) is 12.0. The maximum Gasteiger partial charge on any atom is 0.251 e. The van der Waals surface area contributed by atoms with Gasteiger partial charge in [0.1, 0.15) is 0 Å². The Hall–Kier alpha value is -0.580. The van der Waals surface area contributed by atoms with Crippen LogP contribution >= 0.6 is 27.5 Å². The SMILES string of the molecule is COC1(CNC(=O)c2ccc(Cl)c(Br)c2)CCC1. The lowest BCUT2D eigenvalue weighted by Crippen LogP contribution is -2.49. The van der Waals surface area contributed by atoms with Crippen molar-refractivity contribution < 1.29 is 9.53 Å². The van der Waals surface area contributed by atoms with Crippen LogP contribution in [-0.2, 0) is 4.74 Å². The first-order valence-corrected chi connectivity index (χ1v) is 7.02. The standard InChI is InChI=1S/C13H15BrClNO2/c1-18-13(5-2-6-13)8-16-12(17)9-3-4-11(15)10(14)7-9/h3-4,7H,2,5-6,8H2,1H3,(H,16,17). The van der Waals surface area contributed by atoms with Crippen LogP contribution in [0.5, 0.6) is 0 Å². The molecule has 1 N–H and O–H groups in total. The zero-order valence-corrected chi connectivity index (χ0v) is 12.5. The average Bonchev–Trinajstić information content (AvgIpc) is 2.31. The van der Waals surface area contributed by atoms with Crippen LogP contribution in [-0.4, -0.2) is 25.2 Å². The molecule has 98 valence electrons. The number of hydrogen-bond donors (Lipinski definition) is 1. The molecule has 1 fully saturated rings. The maximum absolute atomic E-state index is 12.0. The Morgan fingerprint density at radius 1 is 1.56 bits per heavy atom. The molecule has 1 aromatic carbocycles. The van der Waals surface area contributed by atoms with Crippen molar-refractivity contribution in [3.8, 4) is 0 Å². The average molecular weight is 333 g/mol. The van der Waals surface area contributed by atoms with Gasteiger partial charge in [-0.3, -0.25) is 4.79 Å². The van der Waals surface area contributed by atoms with Crippen molar-refractivity contribution in [3.63, 3.8) is 0 Å². The quantitative estimate of drug-likeness (QED) is 0.917. The molecular weight excluding hydrogens is 318 g/mol. The van der Waals surface area contributed by atoms with Gasteiger partial charge in [0.05, 0.1) is 10.6 Å². The molecule has 1 aromatic rings. The second-order valence-electron chi connectivity index (χ2n) is 4.55. The summed E-state index contributed by atoms with van der Waals surface area (Å²) in [6.07, 6.45) is 3.18. The molecule has 0 unspecified atom stereocenters. The van der Waals surface area contributed by atoms with Gasteiger partial charge in [-0.2, -0.15) is 0 Å². The Kier molecular flexibility index (Phi) is 4.30. The molecule has 1 aliphatic rings. The van der Waals surface area contributed by atoms with Gasteiger partial charge in [0.2, 0.25) is 0 Å². The van der Waals surface area contributed by atoms with E-state index < -0.39 is 0 Å². The summed E-state index contributed by atoms with van der Waals surface area (Å²) in [7, 11) is 1.70. The summed E-state index contributed by atoms with van der Waals surface area (Å²) in [6, 6.07) is 5.14. The van der Waals surface area contributed by atoms with E-state index in [1.807, 2.05) is 0 Å². The molecule has 0 aliphatic heterocycles. The molecule has 0 aromatic heterocycles. The minimum atomic E-state index is -0.153. The van der Waals surface area contributed by atoms with E-state index in [1.165, 1.54) is 0 Å². The number of carbonyl (C=O) groups is 1. The van der Waals surface area contributed by atoms with E-state index in [9.17, 15) is 4.79 Å². The normalized spacial score (nSPS) is 17.1. The minimum absolute atomic E-state index is 0.101. The number of halogens is 2. The van der Waals surface area contributed by atoms with Crippen LogP contribution in [0.15, 0.2) is 22.7 Å². The molecule has 2 rings (SSSR count). The van der Waals surface area contributed by atoms with E-state index >= 15 is 0 Å². The van der Waals surface area contributed by atoms with Crippen LogP contribution in [0.4, 0.5) is 0 Å². The van der Waals surface area contributed by atoms with Gasteiger partial charge in [0.25, 0.3) is 5.91 Å². The first-order valence-electron chi connectivity index (χ1n) is 5.85. The fourth-order valence-electron chi connectivity index (χ4n) is 2.00. The fourth-order valence-corrected chi connectivity index (χ4v) is 2.50. The van der Waals surface area contributed by atoms with Crippen molar-refractivity contribution in [3.05, 3.63) is 33.3 Å². The predicted octanol–water partition coefficient (Wildman–Crippen LogP) is 3.40. The number of methoxy groups -OCH3 is 1. The van der Waals surface area contributed by atoms with Crippen molar-refractivity contribution in [2.24, 2.45) is 0 Å². The Labute approximate surface area is 120 Å². The van der Waals surface area contributed by atoms with Crippen molar-refractivity contribution in [2.45, 2.75) is 24.9 Å². The third-order valence-electron chi connectivity index (χ3n) is 3.45. The first-order chi connectivity index (χ1) is 8.56. The second kappa shape index (κ2) is 5.59. The largest absolute Gasteiger partial charge is 0.376 e. The molecule has 1 aliphatic carbocycles. The van der Waals surface area contributed by atoms with Gasteiger partial charge in [-0.25, -0.2) is 0 Å². The number of hydrogen-bond acceptors (Lipinski definition) is 2. The van der Waals surface area contributed by atoms with E-state index in [4.69, 9.17) is 16.3 Å². The summed E-state index contributed by atoms with van der Waals surface area (Å²) in [5, 5.41) is 3.51. The van der Waals surface area contributed by atoms with Crippen molar-refractivity contribution >= 4 is 33.4 Å². The Balaban J connectivity index is 1.97. The molecule has 3 nitrogen and oxygen atoms in total. The zero-order valence-electron chi connectivity index (χ0n) is 10.1. The lowest BCUT2D eigenvalue weighted by molar-refractivity contribution is -0.0679. The highest BCUT2D eigenvalue weighted by Gasteiger charge is 2.37. The highest BCUT2D eigenvalue weighted by Crippen LogP contribution is 2.34. The van der Waals surface area contributed by atoms with E-state index in [-0.39, 0.29) is 11.5 Å². The van der Waals surface area contributed by atoms with Gasteiger partial charge in [0.15, 0.2) is 0 Å². The third-order valence-corrected chi connectivity index (χ3v) is 4.66.